The lowest BCUT2D eigenvalue weighted by Gasteiger charge is -2.19. The third-order valence-electron chi connectivity index (χ3n) is 4.08. The molecule has 0 aromatic carbocycles. The topological polar surface area (TPSA) is 87.0 Å². The highest BCUT2D eigenvalue weighted by molar-refractivity contribution is 5.92. The zero-order valence-corrected chi connectivity index (χ0v) is 17.1. The van der Waals surface area contributed by atoms with Crippen LogP contribution in [0.2, 0.25) is 0 Å². The lowest BCUT2D eigenvalue weighted by molar-refractivity contribution is 0.0160. The van der Waals surface area contributed by atoms with Crippen molar-refractivity contribution in [2.75, 3.05) is 11.9 Å². The molecule has 9 nitrogen and oxygen atoms in total. The van der Waals surface area contributed by atoms with Crippen molar-refractivity contribution >= 4 is 23.1 Å². The summed E-state index contributed by atoms with van der Waals surface area (Å²) in [6.07, 6.45) is 4.19. The second kappa shape index (κ2) is 7.93. The Kier molecular flexibility index (Phi) is 5.57. The van der Waals surface area contributed by atoms with Crippen LogP contribution >= 0.6 is 0 Å². The van der Waals surface area contributed by atoms with Gasteiger partial charge in [-0.05, 0) is 46.8 Å². The predicted molar refractivity (Wildman–Crippen MR) is 109 cm³/mol. The Morgan fingerprint density at radius 3 is 2.72 bits per heavy atom. The molecule has 3 heterocycles. The van der Waals surface area contributed by atoms with Gasteiger partial charge in [-0.25, -0.2) is 18.8 Å². The fourth-order valence-corrected chi connectivity index (χ4v) is 2.92. The molecule has 1 atom stereocenters. The number of hydrogen-bond donors (Lipinski definition) is 1. The Hall–Kier alpha value is -3.38. The lowest BCUT2D eigenvalue weighted by atomic mass is 10.1. The average Bonchev–Trinajstić information content (AvgIpc) is 3.27. The van der Waals surface area contributed by atoms with Crippen LogP contribution in [0.25, 0.3) is 21.5 Å². The van der Waals surface area contributed by atoms with Crippen LogP contribution in [0.15, 0.2) is 30.7 Å². The molecule has 3 aromatic heterocycles. The number of rotatable bonds is 5. The zero-order valence-electron chi connectivity index (χ0n) is 17.1. The summed E-state index contributed by atoms with van der Waals surface area (Å²) in [7, 11) is 0. The van der Waals surface area contributed by atoms with Gasteiger partial charge in [0, 0.05) is 23.9 Å². The minimum atomic E-state index is -0.612. The first kappa shape index (κ1) is 20.4. The van der Waals surface area contributed by atoms with Gasteiger partial charge in [0.25, 0.3) is 0 Å². The summed E-state index contributed by atoms with van der Waals surface area (Å²) in [5, 5.41) is 11.4. The van der Waals surface area contributed by atoms with Gasteiger partial charge < -0.3 is 9.47 Å². The van der Waals surface area contributed by atoms with E-state index in [0.717, 1.165) is 5.56 Å². The van der Waals surface area contributed by atoms with Crippen LogP contribution in [0.1, 0.15) is 40.8 Å². The standard InChI is InChI=1S/C20H24N6O3/c1-7-28-13(2)25-12-14(10-22-25)18-15(21-6)11-23-26-16(18)8-9-17(26)24-19(27)29-20(3,4)5/h8-13H,7H2,1-5H3,(H,24,27). The first-order valence-corrected chi connectivity index (χ1v) is 9.28. The molecule has 1 amide bonds. The van der Waals surface area contributed by atoms with E-state index in [-0.39, 0.29) is 6.23 Å². The van der Waals surface area contributed by atoms with Gasteiger partial charge in [-0.15, -0.1) is 0 Å². The molecule has 0 bridgehead atoms. The number of nitrogens with zero attached hydrogens (tertiary/aromatic N) is 5. The van der Waals surface area contributed by atoms with Crippen molar-refractivity contribution in [3.63, 3.8) is 0 Å². The summed E-state index contributed by atoms with van der Waals surface area (Å²) < 4.78 is 14.1. The van der Waals surface area contributed by atoms with E-state index in [4.69, 9.17) is 16.0 Å². The van der Waals surface area contributed by atoms with Crippen molar-refractivity contribution in [3.8, 4) is 11.1 Å². The van der Waals surface area contributed by atoms with Crippen LogP contribution in [-0.4, -0.2) is 37.7 Å². The number of hydrogen-bond acceptors (Lipinski definition) is 5. The molecule has 0 aliphatic rings. The Labute approximate surface area is 169 Å². The number of amides is 1. The molecule has 1 unspecified atom stereocenters. The monoisotopic (exact) mass is 396 g/mol. The van der Waals surface area contributed by atoms with E-state index in [1.165, 1.54) is 6.20 Å². The Balaban J connectivity index is 2.01. The van der Waals surface area contributed by atoms with Crippen molar-refractivity contribution in [3.05, 3.63) is 42.1 Å². The molecule has 0 radical (unpaired) electrons. The van der Waals surface area contributed by atoms with Gasteiger partial charge in [0.1, 0.15) is 17.6 Å². The Bertz CT molecular complexity index is 1070. The van der Waals surface area contributed by atoms with Gasteiger partial charge in [-0.3, -0.25) is 5.32 Å². The van der Waals surface area contributed by atoms with Crippen LogP contribution in [0.3, 0.4) is 0 Å². The van der Waals surface area contributed by atoms with E-state index < -0.39 is 11.7 Å². The number of aromatic nitrogens is 4. The molecule has 29 heavy (non-hydrogen) atoms. The van der Waals surface area contributed by atoms with Gasteiger partial charge >= 0.3 is 6.09 Å². The molecule has 0 aliphatic carbocycles. The van der Waals surface area contributed by atoms with Crippen molar-refractivity contribution in [2.24, 2.45) is 0 Å². The van der Waals surface area contributed by atoms with Crippen LogP contribution in [0.4, 0.5) is 16.3 Å². The van der Waals surface area contributed by atoms with Crippen LogP contribution < -0.4 is 5.32 Å². The van der Waals surface area contributed by atoms with Crippen molar-refractivity contribution in [1.29, 1.82) is 0 Å². The second-order valence-corrected chi connectivity index (χ2v) is 7.42. The summed E-state index contributed by atoms with van der Waals surface area (Å²) >= 11 is 0. The van der Waals surface area contributed by atoms with Gasteiger partial charge in [0.2, 0.25) is 5.69 Å². The quantitative estimate of drug-likeness (QED) is 0.634. The molecule has 0 aliphatic heterocycles. The van der Waals surface area contributed by atoms with Crippen LogP contribution in [-0.2, 0) is 9.47 Å². The summed E-state index contributed by atoms with van der Waals surface area (Å²) in [5.74, 6) is 0.446. The van der Waals surface area contributed by atoms with E-state index in [1.807, 2.05) is 20.0 Å². The molecule has 152 valence electrons. The molecule has 3 aromatic rings. The number of anilines is 1. The summed E-state index contributed by atoms with van der Waals surface area (Å²) in [5.41, 5.74) is 1.90. The maximum absolute atomic E-state index is 12.1. The largest absolute Gasteiger partial charge is 0.444 e. The highest BCUT2D eigenvalue weighted by Gasteiger charge is 2.20. The average molecular weight is 396 g/mol. The highest BCUT2D eigenvalue weighted by Crippen LogP contribution is 2.35. The number of ether oxygens (including phenoxy) is 2. The Morgan fingerprint density at radius 2 is 2.07 bits per heavy atom. The summed E-state index contributed by atoms with van der Waals surface area (Å²) in [6.45, 7) is 17.3. The molecule has 3 rings (SSSR count). The smallest absolute Gasteiger partial charge is 0.413 e. The molecule has 9 heteroatoms. The predicted octanol–water partition coefficient (Wildman–Crippen LogP) is 4.65. The SMILES string of the molecule is [C-]#[N+]c1cnn2c(NC(=O)OC(C)(C)C)ccc2c1-c1cnn(C(C)OCC)c1. The minimum absolute atomic E-state index is 0.223. The zero-order chi connectivity index (χ0) is 21.2. The molecular formula is C20H24N6O3. The highest BCUT2D eigenvalue weighted by atomic mass is 16.6. The van der Waals surface area contributed by atoms with Crippen molar-refractivity contribution in [2.45, 2.75) is 46.4 Å². The van der Waals surface area contributed by atoms with Gasteiger partial charge in [0.05, 0.1) is 24.5 Å². The second-order valence-electron chi connectivity index (χ2n) is 7.42. The van der Waals surface area contributed by atoms with E-state index in [2.05, 4.69) is 20.4 Å². The molecule has 0 saturated carbocycles. The number of nitrogens with one attached hydrogen (secondary N) is 1. The summed E-state index contributed by atoms with van der Waals surface area (Å²) in [4.78, 5) is 15.7. The fourth-order valence-electron chi connectivity index (χ4n) is 2.92. The van der Waals surface area contributed by atoms with Gasteiger partial charge in [0.15, 0.2) is 0 Å². The van der Waals surface area contributed by atoms with Crippen molar-refractivity contribution in [1.82, 2.24) is 19.4 Å². The normalized spacial score (nSPS) is 12.6. The minimum Gasteiger partial charge on any atom is -0.444 e. The van der Waals surface area contributed by atoms with E-state index in [9.17, 15) is 4.79 Å². The maximum Gasteiger partial charge on any atom is 0.413 e. The maximum atomic E-state index is 12.1. The van der Waals surface area contributed by atoms with Crippen LogP contribution in [0, 0.1) is 6.57 Å². The molecule has 0 saturated heterocycles. The first-order valence-electron chi connectivity index (χ1n) is 9.28. The lowest BCUT2D eigenvalue weighted by Crippen LogP contribution is -2.27. The van der Waals surface area contributed by atoms with E-state index in [0.29, 0.717) is 29.2 Å². The third kappa shape index (κ3) is 4.38. The van der Waals surface area contributed by atoms with Crippen LogP contribution in [0.5, 0.6) is 0 Å². The summed E-state index contributed by atoms with van der Waals surface area (Å²) in [6, 6.07) is 3.52. The first-order chi connectivity index (χ1) is 13.7. The fraction of sp³-hybridized carbons (Fsp3) is 0.400. The molecule has 1 N–H and O–H groups in total. The van der Waals surface area contributed by atoms with Gasteiger partial charge in [-0.2, -0.15) is 10.2 Å². The van der Waals surface area contributed by atoms with Gasteiger partial charge in [-0.1, -0.05) is 0 Å². The number of carbonyl (C=O) groups excluding carboxylic acids is 1. The number of carbonyl (C=O) groups is 1. The number of fused-ring (bicyclic) bond motifs is 1. The molecule has 0 fully saturated rings. The third-order valence-corrected chi connectivity index (χ3v) is 4.08. The molecular weight excluding hydrogens is 372 g/mol. The van der Waals surface area contributed by atoms with Crippen molar-refractivity contribution < 1.29 is 14.3 Å². The van der Waals surface area contributed by atoms with E-state index in [1.54, 1.807) is 48.3 Å². The van der Waals surface area contributed by atoms with E-state index >= 15 is 0 Å². The molecule has 0 spiro atoms. The Morgan fingerprint density at radius 1 is 1.31 bits per heavy atom.